The van der Waals surface area contributed by atoms with E-state index in [1.165, 1.54) is 70.3 Å². The number of aromatic hydroxyl groups is 2. The number of nitrogens with zero attached hydrogens (tertiary/aromatic N) is 3. The molecule has 5 heteroatoms. The van der Waals surface area contributed by atoms with Gasteiger partial charge in [0, 0.05) is 18.5 Å². The summed E-state index contributed by atoms with van der Waals surface area (Å²) in [6.45, 7) is 2.28. The Labute approximate surface area is 161 Å². The van der Waals surface area contributed by atoms with Gasteiger partial charge in [-0.3, -0.25) is 0 Å². The summed E-state index contributed by atoms with van der Waals surface area (Å²) in [7, 11) is 2.00. The number of unbranched alkanes of at least 4 members (excludes halogenated alkanes) is 2. The lowest BCUT2D eigenvalue weighted by Gasteiger charge is -2.53. The topological polar surface area (TPSA) is 71.2 Å². The van der Waals surface area contributed by atoms with Crippen molar-refractivity contribution >= 4 is 0 Å². The fourth-order valence-electron chi connectivity index (χ4n) is 5.46. The molecule has 5 nitrogen and oxygen atoms in total. The van der Waals surface area contributed by atoms with E-state index in [0.717, 1.165) is 5.82 Å². The zero-order valence-electron chi connectivity index (χ0n) is 16.5. The number of fused-ring (bicyclic) bond motifs is 3. The Morgan fingerprint density at radius 1 is 1.00 bits per heavy atom. The lowest BCUT2D eigenvalue weighted by molar-refractivity contribution is 0.0250. The van der Waals surface area contributed by atoms with Crippen LogP contribution in [-0.2, 0) is 12.5 Å². The van der Waals surface area contributed by atoms with Crippen LogP contribution in [0.3, 0.4) is 0 Å². The minimum absolute atomic E-state index is 0.0387. The normalized spacial score (nSPS) is 27.2. The second-order valence-corrected chi connectivity index (χ2v) is 8.85. The molecule has 0 aliphatic heterocycles. The Morgan fingerprint density at radius 3 is 2.33 bits per heavy atom. The summed E-state index contributed by atoms with van der Waals surface area (Å²) in [6, 6.07) is 4.64. The minimum Gasteiger partial charge on any atom is -0.508 e. The summed E-state index contributed by atoms with van der Waals surface area (Å²) < 4.78 is 2.06. The third kappa shape index (κ3) is 3.11. The number of phenolic OH excluding ortho intramolecular Hbond substituents is 2. The highest BCUT2D eigenvalue weighted by molar-refractivity contribution is 5.65. The molecule has 0 amide bonds. The van der Waals surface area contributed by atoms with Crippen molar-refractivity contribution in [3.05, 3.63) is 24.0 Å². The van der Waals surface area contributed by atoms with Crippen molar-refractivity contribution in [3.63, 3.8) is 0 Å². The van der Waals surface area contributed by atoms with E-state index in [4.69, 9.17) is 0 Å². The van der Waals surface area contributed by atoms with Gasteiger partial charge in [-0.25, -0.2) is 0 Å². The van der Waals surface area contributed by atoms with Gasteiger partial charge in [0.25, 0.3) is 0 Å². The van der Waals surface area contributed by atoms with Crippen LogP contribution in [0.4, 0.5) is 0 Å². The highest BCUT2D eigenvalue weighted by Crippen LogP contribution is 2.59. The molecule has 3 aliphatic rings. The number of benzene rings is 1. The third-order valence-electron chi connectivity index (χ3n) is 7.28. The second kappa shape index (κ2) is 6.84. The molecule has 1 aromatic carbocycles. The molecule has 2 aromatic rings. The molecule has 1 heterocycles. The predicted molar refractivity (Wildman–Crippen MR) is 106 cm³/mol. The Balaban J connectivity index is 1.57. The highest BCUT2D eigenvalue weighted by atomic mass is 16.3. The number of hydrogen-bond donors (Lipinski definition) is 2. The van der Waals surface area contributed by atoms with Gasteiger partial charge < -0.3 is 14.8 Å². The van der Waals surface area contributed by atoms with Crippen LogP contribution in [0.1, 0.15) is 77.0 Å². The van der Waals surface area contributed by atoms with E-state index in [1.54, 1.807) is 12.1 Å². The molecular weight excluding hydrogens is 338 g/mol. The first kappa shape index (κ1) is 18.3. The smallest absolute Gasteiger partial charge is 0.167 e. The van der Waals surface area contributed by atoms with Crippen LogP contribution < -0.4 is 0 Å². The fourth-order valence-corrected chi connectivity index (χ4v) is 5.46. The van der Waals surface area contributed by atoms with Crippen molar-refractivity contribution in [1.29, 1.82) is 0 Å². The maximum Gasteiger partial charge on any atom is 0.167 e. The second-order valence-electron chi connectivity index (χ2n) is 8.85. The average Bonchev–Trinajstić information content (AvgIpc) is 3.05. The van der Waals surface area contributed by atoms with E-state index >= 15 is 0 Å². The van der Waals surface area contributed by atoms with Gasteiger partial charge in [0.05, 0.1) is 5.56 Å². The van der Waals surface area contributed by atoms with Crippen molar-refractivity contribution in [2.24, 2.45) is 12.5 Å². The monoisotopic (exact) mass is 369 g/mol. The molecule has 146 valence electrons. The van der Waals surface area contributed by atoms with Gasteiger partial charge in [0.15, 0.2) is 5.82 Å². The molecule has 27 heavy (non-hydrogen) atoms. The van der Waals surface area contributed by atoms with E-state index in [2.05, 4.69) is 21.7 Å². The summed E-state index contributed by atoms with van der Waals surface area (Å²) in [4.78, 5) is 0. The molecule has 0 atom stereocenters. The van der Waals surface area contributed by atoms with Gasteiger partial charge >= 0.3 is 0 Å². The van der Waals surface area contributed by atoms with Gasteiger partial charge in [0.1, 0.15) is 17.3 Å². The predicted octanol–water partition coefficient (Wildman–Crippen LogP) is 5.07. The Hall–Kier alpha value is -2.04. The number of phenols is 2. The number of aromatic nitrogens is 3. The van der Waals surface area contributed by atoms with E-state index in [0.29, 0.717) is 16.8 Å². The lowest BCUT2D eigenvalue weighted by Crippen LogP contribution is -2.45. The highest BCUT2D eigenvalue weighted by Gasteiger charge is 2.51. The van der Waals surface area contributed by atoms with Crippen molar-refractivity contribution in [2.45, 2.75) is 76.5 Å². The molecule has 0 spiro atoms. The van der Waals surface area contributed by atoms with Crippen molar-refractivity contribution in [3.8, 4) is 22.9 Å². The molecule has 2 bridgehead atoms. The van der Waals surface area contributed by atoms with E-state index in [1.807, 2.05) is 7.05 Å². The third-order valence-corrected chi connectivity index (χ3v) is 7.28. The van der Waals surface area contributed by atoms with Gasteiger partial charge in [-0.1, -0.05) is 26.2 Å². The van der Waals surface area contributed by atoms with Gasteiger partial charge in [-0.05, 0) is 62.5 Å². The molecule has 5 rings (SSSR count). The summed E-state index contributed by atoms with van der Waals surface area (Å²) in [6.07, 6.45) is 12.9. The summed E-state index contributed by atoms with van der Waals surface area (Å²) >= 11 is 0. The fraction of sp³-hybridized carbons (Fsp3) is 0.636. The first-order chi connectivity index (χ1) is 13.0. The standard InChI is InChI=1S/C22H31N3O2/c1-3-4-5-8-21-9-12-22(13-10-21,14-11-21)20-24-23-19(25(20)2)17-7-6-16(26)15-18(17)27/h6-7,15,26-27H,3-5,8-14H2,1-2H3. The van der Waals surface area contributed by atoms with Gasteiger partial charge in [0.2, 0.25) is 0 Å². The molecule has 0 unspecified atom stereocenters. The summed E-state index contributed by atoms with van der Waals surface area (Å²) in [5.41, 5.74) is 1.33. The molecule has 1 aromatic heterocycles. The van der Waals surface area contributed by atoms with Crippen LogP contribution >= 0.6 is 0 Å². The Bertz CT molecular complexity index is 802. The average molecular weight is 370 g/mol. The summed E-state index contributed by atoms with van der Waals surface area (Å²) in [5, 5.41) is 28.8. The van der Waals surface area contributed by atoms with E-state index in [-0.39, 0.29) is 16.9 Å². The molecule has 0 radical (unpaired) electrons. The van der Waals surface area contributed by atoms with E-state index < -0.39 is 0 Å². The molecule has 0 saturated heterocycles. The van der Waals surface area contributed by atoms with Crippen molar-refractivity contribution < 1.29 is 10.2 Å². The van der Waals surface area contributed by atoms with Gasteiger partial charge in [-0.15, -0.1) is 10.2 Å². The Kier molecular flexibility index (Phi) is 4.65. The van der Waals surface area contributed by atoms with Crippen LogP contribution in [0.25, 0.3) is 11.4 Å². The van der Waals surface area contributed by atoms with Crippen LogP contribution in [-0.4, -0.2) is 25.0 Å². The lowest BCUT2D eigenvalue weighted by atomic mass is 9.52. The minimum atomic E-state index is 0.0387. The van der Waals surface area contributed by atoms with Crippen LogP contribution in [0.15, 0.2) is 18.2 Å². The molecule has 2 N–H and O–H groups in total. The van der Waals surface area contributed by atoms with Crippen LogP contribution in [0, 0.1) is 5.41 Å². The van der Waals surface area contributed by atoms with Gasteiger partial charge in [-0.2, -0.15) is 0 Å². The first-order valence-electron chi connectivity index (χ1n) is 10.4. The quantitative estimate of drug-likeness (QED) is 0.698. The zero-order chi connectivity index (χ0) is 19.1. The number of hydrogen-bond acceptors (Lipinski definition) is 4. The number of rotatable bonds is 6. The van der Waals surface area contributed by atoms with Crippen LogP contribution in [0.5, 0.6) is 11.5 Å². The molecule has 3 fully saturated rings. The molecular formula is C22H31N3O2. The SMILES string of the molecule is CCCCCC12CCC(c3nnc(-c4ccc(O)cc4O)n3C)(CC1)CC2. The zero-order valence-corrected chi connectivity index (χ0v) is 16.5. The van der Waals surface area contributed by atoms with Crippen molar-refractivity contribution in [2.75, 3.05) is 0 Å². The summed E-state index contributed by atoms with van der Waals surface area (Å²) in [5.74, 6) is 1.82. The maximum atomic E-state index is 10.2. The maximum absolute atomic E-state index is 10.2. The molecule has 3 aliphatic carbocycles. The first-order valence-corrected chi connectivity index (χ1v) is 10.4. The van der Waals surface area contributed by atoms with E-state index in [9.17, 15) is 10.2 Å². The molecule has 3 saturated carbocycles. The largest absolute Gasteiger partial charge is 0.508 e. The van der Waals surface area contributed by atoms with Crippen molar-refractivity contribution in [1.82, 2.24) is 14.8 Å². The Morgan fingerprint density at radius 2 is 1.70 bits per heavy atom. The van der Waals surface area contributed by atoms with Crippen LogP contribution in [0.2, 0.25) is 0 Å².